The molecule has 0 fully saturated rings. The van der Waals surface area contributed by atoms with Crippen molar-refractivity contribution in [3.63, 3.8) is 0 Å². The van der Waals surface area contributed by atoms with E-state index in [0.29, 0.717) is 0 Å². The Bertz CT molecular complexity index is 1170. The lowest BCUT2D eigenvalue weighted by molar-refractivity contribution is -0.137. The molecule has 0 aliphatic carbocycles. The first-order chi connectivity index (χ1) is 14.2. The first-order valence-corrected chi connectivity index (χ1v) is 8.85. The quantitative estimate of drug-likeness (QED) is 0.642. The third-order valence-electron chi connectivity index (χ3n) is 4.20. The molecule has 1 heterocycles. The van der Waals surface area contributed by atoms with E-state index in [9.17, 15) is 27.6 Å². The molecule has 3 aromatic rings. The first-order valence-electron chi connectivity index (χ1n) is 8.85. The van der Waals surface area contributed by atoms with Gasteiger partial charge < -0.3 is 10.1 Å². The summed E-state index contributed by atoms with van der Waals surface area (Å²) in [6.45, 7) is 1.05. The Balaban J connectivity index is 1.78. The number of fused-ring (bicyclic) bond motifs is 1. The van der Waals surface area contributed by atoms with E-state index >= 15 is 0 Å². The Morgan fingerprint density at radius 2 is 1.70 bits per heavy atom. The number of halogens is 3. The third-order valence-corrected chi connectivity index (χ3v) is 4.20. The molecule has 0 bridgehead atoms. The number of benzene rings is 2. The smallest absolute Gasteiger partial charge is 0.418 e. The maximum absolute atomic E-state index is 13.0. The zero-order chi connectivity index (χ0) is 21.9. The van der Waals surface area contributed by atoms with Gasteiger partial charge in [-0.3, -0.25) is 9.59 Å². The highest BCUT2D eigenvalue weighted by Crippen LogP contribution is 2.34. The summed E-state index contributed by atoms with van der Waals surface area (Å²) in [6.07, 6.45) is -4.66. The molecular weight excluding hydrogens is 403 g/mol. The number of carbonyl (C=O) groups excluding carboxylic acids is 2. The average Bonchev–Trinajstić information content (AvgIpc) is 2.72. The second-order valence-corrected chi connectivity index (χ2v) is 6.18. The van der Waals surface area contributed by atoms with E-state index in [1.807, 2.05) is 0 Å². The maximum atomic E-state index is 13.0. The van der Waals surface area contributed by atoms with Gasteiger partial charge in [-0.05, 0) is 25.1 Å². The van der Waals surface area contributed by atoms with Gasteiger partial charge >= 0.3 is 12.1 Å². The minimum Gasteiger partial charge on any atom is -0.451 e. The van der Waals surface area contributed by atoms with Gasteiger partial charge in [-0.15, -0.1) is 0 Å². The Labute approximate surface area is 168 Å². The predicted molar refractivity (Wildman–Crippen MR) is 102 cm³/mol. The summed E-state index contributed by atoms with van der Waals surface area (Å²) in [7, 11) is 0. The molecule has 1 amide bonds. The highest BCUT2D eigenvalue weighted by Gasteiger charge is 2.33. The number of rotatable bonds is 5. The number of hydrogen-bond acceptors (Lipinski definition) is 5. The Morgan fingerprint density at radius 3 is 2.37 bits per heavy atom. The van der Waals surface area contributed by atoms with Crippen LogP contribution in [0.4, 0.5) is 18.9 Å². The molecule has 0 aliphatic heterocycles. The molecule has 0 radical (unpaired) electrons. The van der Waals surface area contributed by atoms with Gasteiger partial charge in [-0.1, -0.05) is 30.3 Å². The second kappa shape index (κ2) is 8.36. The van der Waals surface area contributed by atoms with Crippen LogP contribution in [-0.4, -0.2) is 28.3 Å². The van der Waals surface area contributed by atoms with Crippen molar-refractivity contribution in [1.82, 2.24) is 9.78 Å². The van der Waals surface area contributed by atoms with Gasteiger partial charge in [0.1, 0.15) is 0 Å². The van der Waals surface area contributed by atoms with Gasteiger partial charge in [-0.25, -0.2) is 9.48 Å². The standard InChI is InChI=1S/C20H16F3N3O4/c1-2-26-18(28)13-8-4-3-7-12(13)17(25-26)19(29)30-11-16(27)24-15-10-6-5-9-14(15)20(21,22)23/h3-10H,2,11H2,1H3,(H,24,27). The summed E-state index contributed by atoms with van der Waals surface area (Å²) in [4.78, 5) is 36.8. The van der Waals surface area contributed by atoms with Crippen LogP contribution in [0, 0.1) is 0 Å². The minimum atomic E-state index is -4.66. The molecule has 0 saturated carbocycles. The average molecular weight is 419 g/mol. The number of alkyl halides is 3. The molecule has 1 N–H and O–H groups in total. The van der Waals surface area contributed by atoms with Crippen molar-refractivity contribution in [3.05, 3.63) is 70.1 Å². The minimum absolute atomic E-state index is 0.171. The van der Waals surface area contributed by atoms with Crippen molar-refractivity contribution in [3.8, 4) is 0 Å². The van der Waals surface area contributed by atoms with Gasteiger partial charge in [0.15, 0.2) is 12.3 Å². The van der Waals surface area contributed by atoms with Crippen LogP contribution in [0.25, 0.3) is 10.8 Å². The lowest BCUT2D eigenvalue weighted by atomic mass is 10.1. The molecule has 0 saturated heterocycles. The molecule has 0 spiro atoms. The van der Waals surface area contributed by atoms with Crippen LogP contribution in [0.5, 0.6) is 0 Å². The van der Waals surface area contributed by atoms with Gasteiger partial charge in [0.25, 0.3) is 11.5 Å². The number of para-hydroxylation sites is 1. The molecule has 7 nitrogen and oxygen atoms in total. The van der Waals surface area contributed by atoms with E-state index in [0.717, 1.165) is 16.8 Å². The topological polar surface area (TPSA) is 90.3 Å². The van der Waals surface area contributed by atoms with Gasteiger partial charge in [-0.2, -0.15) is 18.3 Å². The van der Waals surface area contributed by atoms with E-state index in [1.165, 1.54) is 24.3 Å². The lowest BCUT2D eigenvalue weighted by Gasteiger charge is -2.13. The number of esters is 1. The van der Waals surface area contributed by atoms with Crippen LogP contribution < -0.4 is 10.9 Å². The summed E-state index contributed by atoms with van der Waals surface area (Å²) in [5, 5.41) is 6.56. The Morgan fingerprint density at radius 1 is 1.07 bits per heavy atom. The van der Waals surface area contributed by atoms with E-state index in [1.54, 1.807) is 19.1 Å². The molecule has 0 aliphatic rings. The van der Waals surface area contributed by atoms with E-state index < -0.39 is 35.9 Å². The summed E-state index contributed by atoms with van der Waals surface area (Å²) >= 11 is 0. The van der Waals surface area contributed by atoms with Crippen molar-refractivity contribution in [2.45, 2.75) is 19.6 Å². The number of hydrogen-bond donors (Lipinski definition) is 1. The monoisotopic (exact) mass is 419 g/mol. The second-order valence-electron chi connectivity index (χ2n) is 6.18. The fraction of sp³-hybridized carbons (Fsp3) is 0.200. The molecule has 0 unspecified atom stereocenters. The first kappa shape index (κ1) is 21.0. The van der Waals surface area contributed by atoms with E-state index in [4.69, 9.17) is 4.74 Å². The maximum Gasteiger partial charge on any atom is 0.418 e. The van der Waals surface area contributed by atoms with Crippen LogP contribution in [0.2, 0.25) is 0 Å². The Hall–Kier alpha value is -3.69. The SMILES string of the molecule is CCn1nc(C(=O)OCC(=O)Nc2ccccc2C(F)(F)F)c2ccccc2c1=O. The van der Waals surface area contributed by atoms with Crippen molar-refractivity contribution >= 4 is 28.3 Å². The highest BCUT2D eigenvalue weighted by atomic mass is 19.4. The van der Waals surface area contributed by atoms with Crippen LogP contribution in [0.1, 0.15) is 23.0 Å². The molecule has 10 heteroatoms. The number of nitrogens with one attached hydrogen (secondary N) is 1. The molecular formula is C20H16F3N3O4. The van der Waals surface area contributed by atoms with Gasteiger partial charge in [0, 0.05) is 11.9 Å². The molecule has 1 aromatic heterocycles. The van der Waals surface area contributed by atoms with Crippen molar-refractivity contribution in [1.29, 1.82) is 0 Å². The molecule has 30 heavy (non-hydrogen) atoms. The lowest BCUT2D eigenvalue weighted by Crippen LogP contribution is -2.27. The third kappa shape index (κ3) is 4.32. The van der Waals surface area contributed by atoms with Crippen LogP contribution in [0.3, 0.4) is 0 Å². The molecule has 0 atom stereocenters. The summed E-state index contributed by atoms with van der Waals surface area (Å²) in [5.41, 5.74) is -2.02. The van der Waals surface area contributed by atoms with Crippen molar-refractivity contribution in [2.24, 2.45) is 0 Å². The highest BCUT2D eigenvalue weighted by molar-refractivity contribution is 6.03. The summed E-state index contributed by atoms with van der Waals surface area (Å²) < 4.78 is 45.0. The van der Waals surface area contributed by atoms with Crippen molar-refractivity contribution in [2.75, 3.05) is 11.9 Å². The number of carbonyl (C=O) groups is 2. The van der Waals surface area contributed by atoms with Crippen molar-refractivity contribution < 1.29 is 27.5 Å². The van der Waals surface area contributed by atoms with Crippen LogP contribution in [-0.2, 0) is 22.3 Å². The largest absolute Gasteiger partial charge is 0.451 e. The van der Waals surface area contributed by atoms with E-state index in [2.05, 4.69) is 10.4 Å². The van der Waals surface area contributed by atoms with Gasteiger partial charge in [0.2, 0.25) is 0 Å². The van der Waals surface area contributed by atoms with E-state index in [-0.39, 0.29) is 28.6 Å². The number of anilines is 1. The molecule has 2 aromatic carbocycles. The number of aromatic nitrogens is 2. The molecule has 156 valence electrons. The fourth-order valence-electron chi connectivity index (χ4n) is 2.83. The fourth-order valence-corrected chi connectivity index (χ4v) is 2.83. The zero-order valence-electron chi connectivity index (χ0n) is 15.7. The van der Waals surface area contributed by atoms with Crippen LogP contribution >= 0.6 is 0 Å². The number of ether oxygens (including phenoxy) is 1. The number of aryl methyl sites for hydroxylation is 1. The Kier molecular flexibility index (Phi) is 5.86. The summed E-state index contributed by atoms with van der Waals surface area (Å²) in [6, 6.07) is 10.7. The summed E-state index contributed by atoms with van der Waals surface area (Å²) in [5.74, 6) is -1.93. The normalized spacial score (nSPS) is 11.3. The number of amides is 1. The van der Waals surface area contributed by atoms with Crippen LogP contribution in [0.15, 0.2) is 53.3 Å². The predicted octanol–water partition coefficient (Wildman–Crippen LogP) is 3.23. The molecule has 3 rings (SSSR count). The zero-order valence-corrected chi connectivity index (χ0v) is 15.7. The number of nitrogens with zero attached hydrogens (tertiary/aromatic N) is 2. The van der Waals surface area contributed by atoms with Gasteiger partial charge in [0.05, 0.1) is 16.6 Å².